The summed E-state index contributed by atoms with van der Waals surface area (Å²) >= 11 is 1.91. The summed E-state index contributed by atoms with van der Waals surface area (Å²) in [4.78, 5) is 4.42. The van der Waals surface area contributed by atoms with Gasteiger partial charge in [0, 0.05) is 0 Å². The first-order chi connectivity index (χ1) is 8.93. The predicted molar refractivity (Wildman–Crippen MR) is 73.6 cm³/mol. The Morgan fingerprint density at radius 3 is 2.65 bits per heavy atom. The molecule has 0 amide bonds. The van der Waals surface area contributed by atoms with Crippen molar-refractivity contribution in [2.45, 2.75) is 20.2 Å². The fraction of sp³-hybridized carbons (Fsp3) is 0.267. The van der Waals surface area contributed by atoms with Gasteiger partial charge in [-0.25, -0.2) is 0 Å². The monoisotopic (exact) mass is 286 g/mol. The molecule has 0 atom stereocenters. The normalized spacial score (nSPS) is 13.4. The van der Waals surface area contributed by atoms with Crippen LogP contribution in [0.25, 0.3) is 11.3 Å². The maximum absolute atomic E-state index is 8.26. The second-order valence-corrected chi connectivity index (χ2v) is 5.41. The van der Waals surface area contributed by atoms with E-state index in [4.69, 9.17) is 2.74 Å². The van der Waals surface area contributed by atoms with E-state index in [0.29, 0.717) is 0 Å². The predicted octanol–water partition coefficient (Wildman–Crippen LogP) is 2.74. The zero-order chi connectivity index (χ0) is 14.0. The zero-order valence-electron chi connectivity index (χ0n) is 12.1. The molecule has 0 unspecified atom stereocenters. The van der Waals surface area contributed by atoms with Gasteiger partial charge < -0.3 is 0 Å². The van der Waals surface area contributed by atoms with Crippen LogP contribution in [0.5, 0.6) is 0 Å². The van der Waals surface area contributed by atoms with Gasteiger partial charge in [0.15, 0.2) is 0 Å². The molecule has 85 valence electrons. The molecular weight excluding hydrogens is 267 g/mol. The third-order valence-electron chi connectivity index (χ3n) is 2.42. The summed E-state index contributed by atoms with van der Waals surface area (Å²) < 4.78 is 17.4. The van der Waals surface area contributed by atoms with Gasteiger partial charge in [-0.05, 0) is 0 Å². The molecule has 0 spiro atoms. The number of nitrogens with zero attached hydrogens (tertiary/aromatic N) is 1. The van der Waals surface area contributed by atoms with Crippen LogP contribution in [-0.2, 0) is 6.37 Å². The molecule has 0 aliphatic heterocycles. The van der Waals surface area contributed by atoms with E-state index in [-0.39, 0.29) is 5.92 Å². The van der Waals surface area contributed by atoms with Gasteiger partial charge in [0.05, 0.1) is 0 Å². The summed E-state index contributed by atoms with van der Waals surface area (Å²) in [6, 6.07) is 11.8. The Kier molecular flexibility index (Phi) is 3.20. The molecular formula is C15H16GeN. The fourth-order valence-corrected chi connectivity index (χ4v) is 2.09. The number of hydrogen-bond acceptors (Lipinski definition) is 1. The summed E-state index contributed by atoms with van der Waals surface area (Å²) in [5.41, 5.74) is 2.57. The van der Waals surface area contributed by atoms with Gasteiger partial charge in [0.25, 0.3) is 0 Å². The Bertz CT molecular complexity index is 568. The van der Waals surface area contributed by atoms with Gasteiger partial charge in [0.2, 0.25) is 0 Å². The van der Waals surface area contributed by atoms with Crippen LogP contribution in [0.4, 0.5) is 0 Å². The van der Waals surface area contributed by atoms with E-state index in [1.165, 1.54) is 0 Å². The van der Waals surface area contributed by atoms with Crippen molar-refractivity contribution in [2.75, 3.05) is 0 Å². The average Bonchev–Trinajstić information content (AvgIpc) is 2.40. The van der Waals surface area contributed by atoms with Crippen molar-refractivity contribution in [2.24, 2.45) is 5.92 Å². The van der Waals surface area contributed by atoms with Crippen LogP contribution in [0.15, 0.2) is 42.6 Å². The summed E-state index contributed by atoms with van der Waals surface area (Å²) in [5.74, 6) is -0.0720. The van der Waals surface area contributed by atoms with E-state index in [0.717, 1.165) is 21.2 Å². The molecule has 0 saturated carbocycles. The molecule has 1 heterocycles. The molecule has 0 aliphatic rings. The molecule has 0 saturated heterocycles. The number of pyridine rings is 1. The molecule has 0 aliphatic carbocycles. The summed E-state index contributed by atoms with van der Waals surface area (Å²) in [6.45, 7) is 3.81. The van der Waals surface area contributed by atoms with Crippen LogP contribution in [0.1, 0.15) is 22.2 Å². The third-order valence-corrected chi connectivity index (χ3v) is 3.25. The van der Waals surface area contributed by atoms with Gasteiger partial charge in [-0.15, -0.1) is 0 Å². The van der Waals surface area contributed by atoms with E-state index in [1.807, 2.05) is 66.8 Å². The number of benzene rings is 1. The van der Waals surface area contributed by atoms with E-state index < -0.39 is 6.37 Å². The van der Waals surface area contributed by atoms with Crippen molar-refractivity contribution in [1.82, 2.24) is 4.98 Å². The van der Waals surface area contributed by atoms with Crippen LogP contribution in [0.2, 0.25) is 0 Å². The van der Waals surface area contributed by atoms with Gasteiger partial charge >= 0.3 is 114 Å². The van der Waals surface area contributed by atoms with Gasteiger partial charge in [0.1, 0.15) is 0 Å². The van der Waals surface area contributed by atoms with Gasteiger partial charge in [-0.3, -0.25) is 0 Å². The van der Waals surface area contributed by atoms with E-state index >= 15 is 0 Å². The third kappa shape index (κ3) is 3.19. The van der Waals surface area contributed by atoms with Crippen LogP contribution in [0.3, 0.4) is 0 Å². The van der Waals surface area contributed by atoms with Crippen molar-refractivity contribution in [3.63, 3.8) is 0 Å². The quantitative estimate of drug-likeness (QED) is 0.790. The Morgan fingerprint density at radius 1 is 1.29 bits per heavy atom. The number of aromatic nitrogens is 1. The first-order valence-corrected chi connectivity index (χ1v) is 6.75. The Hall–Kier alpha value is -1.09. The minimum absolute atomic E-state index is 0.0720. The summed E-state index contributed by atoms with van der Waals surface area (Å²) in [7, 11) is 0. The maximum atomic E-state index is 8.26. The second-order valence-electron chi connectivity index (χ2n) is 4.28. The molecule has 2 aromatic rings. The molecule has 2 heteroatoms. The van der Waals surface area contributed by atoms with Gasteiger partial charge in [-0.2, -0.15) is 0 Å². The molecule has 0 fully saturated rings. The Morgan fingerprint density at radius 2 is 2.00 bits per heavy atom. The van der Waals surface area contributed by atoms with E-state index in [1.54, 1.807) is 6.20 Å². The second kappa shape index (κ2) is 5.50. The number of hydrogen-bond donors (Lipinski definition) is 0. The van der Waals surface area contributed by atoms with Crippen LogP contribution < -0.4 is 4.40 Å². The molecule has 3 radical (unpaired) electrons. The van der Waals surface area contributed by atoms with Crippen molar-refractivity contribution in [3.05, 3.63) is 48.2 Å². The van der Waals surface area contributed by atoms with E-state index in [2.05, 4.69) is 4.98 Å². The molecule has 2 rings (SSSR count). The Balaban J connectivity index is 2.53. The van der Waals surface area contributed by atoms with Gasteiger partial charge in [-0.1, -0.05) is 0 Å². The van der Waals surface area contributed by atoms with Crippen LogP contribution in [-0.4, -0.2) is 21.5 Å². The fourth-order valence-electron chi connectivity index (χ4n) is 1.65. The standard InChI is InChI=1S/C15H16GeN/c1-11(2)8-13-9-15(17-10-14(13)16)12-6-4-3-5-7-12/h3-7,9-11H,8H2,1-2H3/i8D2. The van der Waals surface area contributed by atoms with E-state index in [9.17, 15) is 0 Å². The first-order valence-electron chi connectivity index (χ1n) is 6.70. The topological polar surface area (TPSA) is 12.9 Å². The average molecular weight is 285 g/mol. The molecule has 17 heavy (non-hydrogen) atoms. The number of rotatable bonds is 3. The molecule has 1 nitrogen and oxygen atoms in total. The molecule has 1 aromatic carbocycles. The van der Waals surface area contributed by atoms with Crippen molar-refractivity contribution >= 4 is 20.9 Å². The SMILES string of the molecule is [2H]C([2H])(c1cc(-c2ccccc2)nc[c]1[Ge])C(C)C. The van der Waals surface area contributed by atoms with Crippen molar-refractivity contribution < 1.29 is 2.74 Å². The summed E-state index contributed by atoms with van der Waals surface area (Å²) in [5, 5.41) is 0. The van der Waals surface area contributed by atoms with Crippen molar-refractivity contribution in [1.29, 1.82) is 0 Å². The molecule has 1 aromatic heterocycles. The minimum atomic E-state index is -1.34. The van der Waals surface area contributed by atoms with Crippen molar-refractivity contribution in [3.8, 4) is 11.3 Å². The molecule has 0 N–H and O–H groups in total. The zero-order valence-corrected chi connectivity index (χ0v) is 12.2. The summed E-state index contributed by atoms with van der Waals surface area (Å²) in [6.07, 6.45) is 0.425. The first kappa shape index (κ1) is 9.89. The van der Waals surface area contributed by atoms with Crippen LogP contribution in [0, 0.1) is 5.92 Å². The van der Waals surface area contributed by atoms with Crippen LogP contribution >= 0.6 is 0 Å². The molecule has 0 bridgehead atoms. The Labute approximate surface area is 114 Å².